The van der Waals surface area contributed by atoms with Crippen LogP contribution in [0.25, 0.3) is 0 Å². The Morgan fingerprint density at radius 2 is 1.62 bits per heavy atom. The quantitative estimate of drug-likeness (QED) is 0.559. The second kappa shape index (κ2) is 12.6. The van der Waals surface area contributed by atoms with Crippen LogP contribution >= 0.6 is 0 Å². The van der Waals surface area contributed by atoms with E-state index in [9.17, 15) is 19.2 Å². The molecule has 0 aromatic carbocycles. The van der Waals surface area contributed by atoms with Crippen LogP contribution in [-0.4, -0.2) is 40.0 Å². The second-order valence-corrected chi connectivity index (χ2v) is 3.69. The number of allylic oxidation sites excluding steroid dienone is 1. The molecule has 0 saturated heterocycles. The molecule has 0 bridgehead atoms. The highest BCUT2D eigenvalue weighted by Gasteiger charge is 2.14. The molecule has 2 amide bonds. The number of nitrogens with one attached hydrogen (secondary N) is 2. The minimum absolute atomic E-state index is 0. The number of hydrogen-bond donors (Lipinski definition) is 4. The van der Waals surface area contributed by atoms with Gasteiger partial charge >= 0.3 is 11.9 Å². The lowest BCUT2D eigenvalue weighted by Gasteiger charge is -2.08. The van der Waals surface area contributed by atoms with E-state index in [4.69, 9.17) is 10.2 Å². The van der Waals surface area contributed by atoms with Gasteiger partial charge in [-0.1, -0.05) is 20.4 Å². The Hall–Kier alpha value is -2.38. The van der Waals surface area contributed by atoms with Crippen molar-refractivity contribution in [3.63, 3.8) is 0 Å². The molecule has 8 nitrogen and oxygen atoms in total. The van der Waals surface area contributed by atoms with Crippen molar-refractivity contribution in [2.24, 2.45) is 0 Å². The number of carboxylic acid groups (broad SMARTS) is 2. The first-order valence-corrected chi connectivity index (χ1v) is 5.82. The first-order valence-electron chi connectivity index (χ1n) is 5.82. The lowest BCUT2D eigenvalue weighted by molar-refractivity contribution is -0.141. The van der Waals surface area contributed by atoms with Gasteiger partial charge in [0.05, 0.1) is 0 Å². The molecule has 1 atom stereocenters. The maximum Gasteiger partial charge on any atom is 0.352 e. The Morgan fingerprint density at radius 1 is 1.14 bits per heavy atom. The molecular formula is C13H26N2O6. The van der Waals surface area contributed by atoms with Crippen LogP contribution in [0, 0.1) is 0 Å². The molecule has 124 valence electrons. The molecule has 0 aromatic heterocycles. The summed E-state index contributed by atoms with van der Waals surface area (Å²) in [5, 5.41) is 21.2. The summed E-state index contributed by atoms with van der Waals surface area (Å²) in [6.07, 6.45) is 1.73. The number of hydrogen-bond acceptors (Lipinski definition) is 4. The van der Waals surface area contributed by atoms with Crippen molar-refractivity contribution in [3.8, 4) is 0 Å². The third-order valence-electron chi connectivity index (χ3n) is 1.91. The van der Waals surface area contributed by atoms with E-state index in [-0.39, 0.29) is 26.4 Å². The van der Waals surface area contributed by atoms with Crippen molar-refractivity contribution in [2.45, 2.75) is 47.6 Å². The molecule has 0 aliphatic heterocycles. The average Bonchev–Trinajstić information content (AvgIpc) is 2.32. The van der Waals surface area contributed by atoms with E-state index in [0.29, 0.717) is 6.42 Å². The predicted molar refractivity (Wildman–Crippen MR) is 79.6 cm³/mol. The lowest BCUT2D eigenvalue weighted by atomic mass is 10.2. The number of aliphatic carboxylic acids is 2. The molecule has 0 aliphatic rings. The summed E-state index contributed by atoms with van der Waals surface area (Å²) < 4.78 is 0. The summed E-state index contributed by atoms with van der Waals surface area (Å²) in [6.45, 7) is 5.80. The largest absolute Gasteiger partial charge is 0.480 e. The zero-order valence-electron chi connectivity index (χ0n) is 11.9. The highest BCUT2D eigenvalue weighted by molar-refractivity contribution is 5.91. The second-order valence-electron chi connectivity index (χ2n) is 3.69. The summed E-state index contributed by atoms with van der Waals surface area (Å²) >= 11 is 0. The summed E-state index contributed by atoms with van der Waals surface area (Å²) in [6, 6.07) is -0.738. The fourth-order valence-electron chi connectivity index (χ4n) is 1.02. The van der Waals surface area contributed by atoms with Crippen molar-refractivity contribution in [1.29, 1.82) is 0 Å². The van der Waals surface area contributed by atoms with Crippen molar-refractivity contribution >= 4 is 23.8 Å². The van der Waals surface area contributed by atoms with Crippen LogP contribution in [0.15, 0.2) is 11.8 Å². The number of carbonyl (C=O) groups excluding carboxylic acids is 2. The summed E-state index contributed by atoms with van der Waals surface area (Å²) in [5.74, 6) is -2.81. The maximum absolute atomic E-state index is 10.3. The molecule has 0 unspecified atom stereocenters. The molecular weight excluding hydrogens is 280 g/mol. The summed E-state index contributed by atoms with van der Waals surface area (Å²) in [7, 11) is 0. The molecule has 0 radical (unpaired) electrons. The molecule has 0 aliphatic carbocycles. The molecule has 0 heterocycles. The number of amides is 2. The Bertz CT molecular complexity index is 409. The van der Waals surface area contributed by atoms with E-state index in [2.05, 4.69) is 10.6 Å². The zero-order valence-corrected chi connectivity index (χ0v) is 11.9. The normalized spacial score (nSPS) is 11.0. The van der Waals surface area contributed by atoms with E-state index in [1.165, 1.54) is 19.9 Å². The van der Waals surface area contributed by atoms with Crippen LogP contribution in [0.5, 0.6) is 0 Å². The zero-order chi connectivity index (χ0) is 16.3. The summed E-state index contributed by atoms with van der Waals surface area (Å²) in [5.41, 5.74) is -0.0903. The van der Waals surface area contributed by atoms with E-state index in [0.717, 1.165) is 0 Å². The summed E-state index contributed by atoms with van der Waals surface area (Å²) in [4.78, 5) is 41.1. The molecule has 4 N–H and O–H groups in total. The topological polar surface area (TPSA) is 133 Å². The lowest BCUT2D eigenvalue weighted by Crippen LogP contribution is -2.38. The molecule has 0 fully saturated rings. The van der Waals surface area contributed by atoms with Gasteiger partial charge in [0.25, 0.3) is 0 Å². The minimum Gasteiger partial charge on any atom is -0.480 e. The fourth-order valence-corrected chi connectivity index (χ4v) is 1.02. The van der Waals surface area contributed by atoms with Crippen LogP contribution in [0.1, 0.15) is 43.0 Å². The average molecular weight is 307 g/mol. The number of rotatable bonds is 5. The fraction of sp³-hybridized carbons (Fsp3) is 0.538. The third kappa shape index (κ3) is 13.8. The first-order chi connectivity index (χ1) is 9.15. The molecule has 0 rings (SSSR count). The smallest absolute Gasteiger partial charge is 0.352 e. The van der Waals surface area contributed by atoms with Crippen molar-refractivity contribution in [1.82, 2.24) is 10.6 Å². The molecule has 0 aromatic rings. The third-order valence-corrected chi connectivity index (χ3v) is 1.91. The van der Waals surface area contributed by atoms with Crippen LogP contribution in [0.4, 0.5) is 0 Å². The van der Waals surface area contributed by atoms with Gasteiger partial charge in [0, 0.05) is 15.3 Å². The molecule has 0 saturated carbocycles. The Kier molecular flexibility index (Phi) is 14.3. The molecule has 8 heteroatoms. The highest BCUT2D eigenvalue weighted by Crippen LogP contribution is 1.89. The standard InChI is InChI=1S/C6H11NO3.C6H9NO3.CH4.H2/c2*1-3-5(6(9)10)7-4(2)8;;/h5H,3H2,1-2H3,(H,7,8)(H,9,10);3H,1-2H3,(H,7,8)(H,9,10);1H4;1H/b;5-3-;;/t5-;;;/m1.../s1/i;;;1+1. The van der Waals surface area contributed by atoms with E-state index < -0.39 is 18.0 Å². The van der Waals surface area contributed by atoms with E-state index in [1.807, 2.05) is 0 Å². The van der Waals surface area contributed by atoms with Crippen LogP contribution < -0.4 is 10.6 Å². The van der Waals surface area contributed by atoms with E-state index in [1.54, 1.807) is 13.8 Å². The van der Waals surface area contributed by atoms with Gasteiger partial charge in [-0.2, -0.15) is 0 Å². The van der Waals surface area contributed by atoms with Gasteiger partial charge in [0.1, 0.15) is 11.7 Å². The minimum atomic E-state index is -1.13. The first kappa shape index (κ1) is 23.7. The van der Waals surface area contributed by atoms with Crippen molar-refractivity contribution in [3.05, 3.63) is 11.8 Å². The van der Waals surface area contributed by atoms with Gasteiger partial charge < -0.3 is 20.8 Å². The molecule has 0 spiro atoms. The van der Waals surface area contributed by atoms with Gasteiger partial charge in [0.2, 0.25) is 11.8 Å². The van der Waals surface area contributed by atoms with Gasteiger partial charge in [-0.05, 0) is 13.3 Å². The predicted octanol–water partition coefficient (Wildman–Crippen LogP) is 0.979. The molecule has 21 heavy (non-hydrogen) atoms. The van der Waals surface area contributed by atoms with Crippen LogP contribution in [-0.2, 0) is 19.2 Å². The number of carbonyl (C=O) groups is 4. The van der Waals surface area contributed by atoms with Gasteiger partial charge in [0.15, 0.2) is 0 Å². The maximum atomic E-state index is 10.3. The van der Waals surface area contributed by atoms with Crippen LogP contribution in [0.3, 0.4) is 0 Å². The van der Waals surface area contributed by atoms with Gasteiger partial charge in [-0.3, -0.25) is 9.59 Å². The Balaban J connectivity index is -0.000000135. The van der Waals surface area contributed by atoms with E-state index >= 15 is 0 Å². The Labute approximate surface area is 125 Å². The van der Waals surface area contributed by atoms with Crippen molar-refractivity contribution < 1.29 is 30.8 Å². The van der Waals surface area contributed by atoms with Gasteiger partial charge in [-0.15, -0.1) is 0 Å². The number of carboxylic acids is 2. The monoisotopic (exact) mass is 307 g/mol. The van der Waals surface area contributed by atoms with Crippen LogP contribution in [0.2, 0.25) is 0 Å². The van der Waals surface area contributed by atoms with Gasteiger partial charge in [-0.25, -0.2) is 9.59 Å². The Morgan fingerprint density at radius 3 is 1.71 bits per heavy atom. The highest BCUT2D eigenvalue weighted by atomic mass is 16.4. The SMILES string of the molecule is C.C/C=C(\NC(C)=O)C(=O)O.CC[C@@H](NC(C)=O)C(=O)O.[2HH]. The van der Waals surface area contributed by atoms with Crippen molar-refractivity contribution in [2.75, 3.05) is 0 Å².